The lowest BCUT2D eigenvalue weighted by atomic mass is 10.0. The Bertz CT molecular complexity index is 1570. The van der Waals surface area contributed by atoms with Gasteiger partial charge in [-0.3, -0.25) is 14.4 Å². The molecule has 0 aliphatic rings. The molecule has 0 bridgehead atoms. The third kappa shape index (κ3) is 9.99. The zero-order valence-electron chi connectivity index (χ0n) is 24.0. The first-order valence-corrected chi connectivity index (χ1v) is 16.6. The summed E-state index contributed by atoms with van der Waals surface area (Å²) in [7, 11) is -4.10. The maximum atomic E-state index is 13.0. The number of carbonyl (C=O) groups excluding carboxylic acids is 3. The van der Waals surface area contributed by atoms with Crippen LogP contribution < -0.4 is 10.0 Å². The summed E-state index contributed by atoms with van der Waals surface area (Å²) in [5, 5.41) is 3.82. The van der Waals surface area contributed by atoms with Crippen molar-refractivity contribution in [3.05, 3.63) is 87.9 Å². The van der Waals surface area contributed by atoms with Gasteiger partial charge in [0.2, 0.25) is 17.7 Å². The van der Waals surface area contributed by atoms with Crippen molar-refractivity contribution in [1.82, 2.24) is 14.9 Å². The minimum atomic E-state index is -4.10. The second-order valence-electron chi connectivity index (χ2n) is 10.0. The summed E-state index contributed by atoms with van der Waals surface area (Å²) in [5.74, 6) is -0.917. The van der Waals surface area contributed by atoms with Crippen molar-refractivity contribution in [1.29, 1.82) is 0 Å². The number of nitrogens with zero attached hydrogens (tertiary/aromatic N) is 1. The number of nitrogens with one attached hydrogen (secondary N) is 2. The fourth-order valence-electron chi connectivity index (χ4n) is 4.57. The number of benzene rings is 3. The highest BCUT2D eigenvalue weighted by atomic mass is 35.5. The summed E-state index contributed by atoms with van der Waals surface area (Å²) in [6.45, 7) is 3.84. The van der Waals surface area contributed by atoms with E-state index in [9.17, 15) is 22.8 Å². The average molecular weight is 665 g/mol. The summed E-state index contributed by atoms with van der Waals surface area (Å²) in [6, 6.07) is 18.8. The molecule has 0 heterocycles. The molecule has 12 heteroatoms. The van der Waals surface area contributed by atoms with Crippen molar-refractivity contribution in [2.75, 3.05) is 18.8 Å². The first kappa shape index (κ1) is 34.4. The molecule has 3 aromatic carbocycles. The molecule has 8 nitrogen and oxygen atoms in total. The van der Waals surface area contributed by atoms with Crippen molar-refractivity contribution in [2.24, 2.45) is 5.92 Å². The molecule has 0 spiro atoms. The van der Waals surface area contributed by atoms with E-state index in [2.05, 4.69) is 17.9 Å². The topological polar surface area (TPSA) is 113 Å². The molecular weight excluding hydrogens is 629 g/mol. The van der Waals surface area contributed by atoms with Crippen LogP contribution in [0.3, 0.4) is 0 Å². The van der Waals surface area contributed by atoms with Crippen molar-refractivity contribution >= 4 is 63.6 Å². The van der Waals surface area contributed by atoms with Gasteiger partial charge < -0.3 is 10.2 Å². The van der Waals surface area contributed by atoms with Gasteiger partial charge in [0, 0.05) is 59.9 Å². The van der Waals surface area contributed by atoms with Gasteiger partial charge in [-0.25, -0.2) is 13.1 Å². The Labute approximate surface area is 268 Å². The van der Waals surface area contributed by atoms with E-state index in [0.29, 0.717) is 41.2 Å². The van der Waals surface area contributed by atoms with Crippen LogP contribution in [0.5, 0.6) is 0 Å². The molecule has 1 atom stereocenters. The lowest BCUT2D eigenvalue weighted by Crippen LogP contribution is -2.40. The van der Waals surface area contributed by atoms with Crippen LogP contribution in [0, 0.1) is 5.92 Å². The third-order valence-electron chi connectivity index (χ3n) is 6.61. The van der Waals surface area contributed by atoms with Gasteiger partial charge in [-0.2, -0.15) is 12.6 Å². The molecular formula is C31H35Cl2N3O5S2. The smallest absolute Gasteiger partial charge is 0.264 e. The molecule has 0 aliphatic heterocycles. The maximum absolute atomic E-state index is 13.0. The monoisotopic (exact) mass is 663 g/mol. The Hall–Kier alpha value is -3.05. The molecule has 0 saturated carbocycles. The van der Waals surface area contributed by atoms with E-state index in [1.165, 1.54) is 6.07 Å². The first-order chi connectivity index (χ1) is 20.4. The summed E-state index contributed by atoms with van der Waals surface area (Å²) < 4.78 is 27.5. The average Bonchev–Trinajstić information content (AvgIpc) is 2.95. The van der Waals surface area contributed by atoms with E-state index in [1.54, 1.807) is 47.4 Å². The van der Waals surface area contributed by atoms with Crippen LogP contribution in [0.2, 0.25) is 10.0 Å². The van der Waals surface area contributed by atoms with Gasteiger partial charge >= 0.3 is 0 Å². The number of carbonyl (C=O) groups is 3. The Balaban J connectivity index is 1.73. The zero-order valence-corrected chi connectivity index (χ0v) is 27.2. The lowest BCUT2D eigenvalue weighted by molar-refractivity contribution is -0.132. The fraction of sp³-hybridized carbons (Fsp3) is 0.323. The van der Waals surface area contributed by atoms with Gasteiger partial charge in [-0.15, -0.1) is 0 Å². The Morgan fingerprint density at radius 1 is 0.953 bits per heavy atom. The maximum Gasteiger partial charge on any atom is 0.264 e. The molecule has 0 radical (unpaired) electrons. The van der Waals surface area contributed by atoms with E-state index >= 15 is 0 Å². The van der Waals surface area contributed by atoms with Gasteiger partial charge in [0.15, 0.2) is 0 Å². The van der Waals surface area contributed by atoms with Crippen LogP contribution in [0.25, 0.3) is 11.1 Å². The van der Waals surface area contributed by atoms with Crippen molar-refractivity contribution in [3.63, 3.8) is 0 Å². The molecule has 3 rings (SSSR count). The SMILES string of the molecule is CCCC(=O)N(CCNC(=O)[C@@H](CS)Cc1cccc(Cl)c1)Cc1ccc(-c2ccccc2S(=O)(=O)NC(C)=O)c(Cl)c1. The Kier molecular flexibility index (Phi) is 12.9. The number of thiol groups is 1. The van der Waals surface area contributed by atoms with Crippen molar-refractivity contribution in [2.45, 2.75) is 44.6 Å². The summed E-state index contributed by atoms with van der Waals surface area (Å²) in [4.78, 5) is 38.9. The fourth-order valence-corrected chi connectivity index (χ4v) is 6.60. The molecule has 230 valence electrons. The number of hydrogen-bond donors (Lipinski definition) is 3. The van der Waals surface area contributed by atoms with E-state index in [4.69, 9.17) is 23.2 Å². The standard InChI is InChI=1S/C31H35Cl2N3O5S2/c1-3-7-30(38)36(15-14-34-31(39)24(20-42)16-22-8-6-9-25(32)17-22)19-23-12-13-26(28(33)18-23)27-10-4-5-11-29(27)43(40,41)35-21(2)37/h4-6,8-13,17-18,24,42H,3,7,14-16,19-20H2,1-2H3,(H,34,39)(H,35,37)/t24-/m1/s1. The predicted molar refractivity (Wildman–Crippen MR) is 174 cm³/mol. The molecule has 2 N–H and O–H groups in total. The van der Waals surface area contributed by atoms with Gasteiger partial charge in [-0.05, 0) is 48.2 Å². The second kappa shape index (κ2) is 16.1. The minimum Gasteiger partial charge on any atom is -0.354 e. The van der Waals surface area contributed by atoms with Gasteiger partial charge in [0.25, 0.3) is 10.0 Å². The number of amides is 3. The van der Waals surface area contributed by atoms with Crippen LogP contribution >= 0.6 is 35.8 Å². The molecule has 43 heavy (non-hydrogen) atoms. The lowest BCUT2D eigenvalue weighted by Gasteiger charge is -2.24. The number of hydrogen-bond acceptors (Lipinski definition) is 6. The Morgan fingerprint density at radius 2 is 1.70 bits per heavy atom. The van der Waals surface area contributed by atoms with E-state index in [1.807, 2.05) is 29.8 Å². The normalized spacial score (nSPS) is 11.9. The van der Waals surface area contributed by atoms with E-state index < -0.39 is 15.9 Å². The van der Waals surface area contributed by atoms with E-state index in [-0.39, 0.29) is 47.3 Å². The summed E-state index contributed by atoms with van der Waals surface area (Å²) >= 11 is 17.1. The van der Waals surface area contributed by atoms with Crippen LogP contribution in [-0.2, 0) is 37.4 Å². The van der Waals surface area contributed by atoms with Crippen LogP contribution in [0.15, 0.2) is 71.6 Å². The number of rotatable bonds is 14. The second-order valence-corrected chi connectivity index (χ2v) is 12.9. The summed E-state index contributed by atoms with van der Waals surface area (Å²) in [5.41, 5.74) is 2.48. The van der Waals surface area contributed by atoms with Crippen molar-refractivity contribution in [3.8, 4) is 11.1 Å². The van der Waals surface area contributed by atoms with E-state index in [0.717, 1.165) is 18.1 Å². The van der Waals surface area contributed by atoms with Gasteiger partial charge in [-0.1, -0.05) is 72.6 Å². The molecule has 0 fully saturated rings. The largest absolute Gasteiger partial charge is 0.354 e. The third-order valence-corrected chi connectivity index (χ3v) is 9.09. The molecule has 3 aromatic rings. The number of sulfonamides is 1. The number of halogens is 2. The van der Waals surface area contributed by atoms with Crippen LogP contribution in [-0.4, -0.2) is 49.9 Å². The molecule has 0 aromatic heterocycles. The molecule has 0 unspecified atom stereocenters. The molecule has 0 saturated heterocycles. The van der Waals surface area contributed by atoms with Crippen molar-refractivity contribution < 1.29 is 22.8 Å². The highest BCUT2D eigenvalue weighted by molar-refractivity contribution is 7.90. The quantitative estimate of drug-likeness (QED) is 0.197. The highest BCUT2D eigenvalue weighted by Gasteiger charge is 2.22. The summed E-state index contributed by atoms with van der Waals surface area (Å²) in [6.07, 6.45) is 1.51. The zero-order chi connectivity index (χ0) is 31.6. The van der Waals surface area contributed by atoms with Gasteiger partial charge in [0.1, 0.15) is 0 Å². The van der Waals surface area contributed by atoms with Gasteiger partial charge in [0.05, 0.1) is 10.8 Å². The minimum absolute atomic E-state index is 0.0617. The first-order valence-electron chi connectivity index (χ1n) is 13.8. The molecule has 0 aliphatic carbocycles. The van der Waals surface area contributed by atoms with Crippen LogP contribution in [0.1, 0.15) is 37.8 Å². The predicted octanol–water partition coefficient (Wildman–Crippen LogP) is 5.52. The van der Waals surface area contributed by atoms with Crippen LogP contribution in [0.4, 0.5) is 0 Å². The highest BCUT2D eigenvalue weighted by Crippen LogP contribution is 2.33. The molecule has 3 amide bonds. The Morgan fingerprint density at radius 3 is 2.35 bits per heavy atom.